The van der Waals surface area contributed by atoms with E-state index in [4.69, 9.17) is 0 Å². The van der Waals surface area contributed by atoms with Crippen molar-refractivity contribution in [1.29, 1.82) is 0 Å². The molecule has 2 atom stereocenters. The van der Waals surface area contributed by atoms with Gasteiger partial charge >= 0.3 is 0 Å². The molecule has 0 N–H and O–H groups in total. The third kappa shape index (κ3) is 1.51. The fourth-order valence-electron chi connectivity index (χ4n) is 1.95. The number of quaternary nitrogens is 1. The number of rotatable bonds is 0. The molecule has 0 aromatic carbocycles. The van der Waals surface area contributed by atoms with Crippen molar-refractivity contribution in [1.82, 2.24) is 0 Å². The monoisotopic (exact) mass is 142 g/mol. The van der Waals surface area contributed by atoms with Crippen molar-refractivity contribution in [2.75, 3.05) is 20.6 Å². The Hall–Kier alpha value is -0.0400. The van der Waals surface area contributed by atoms with Gasteiger partial charge in [0.2, 0.25) is 0 Å². The first-order chi connectivity index (χ1) is 4.52. The van der Waals surface area contributed by atoms with Crippen molar-refractivity contribution in [2.45, 2.75) is 32.7 Å². The lowest BCUT2D eigenvalue weighted by Gasteiger charge is -2.42. The molecule has 1 saturated heterocycles. The molecule has 1 aliphatic heterocycles. The van der Waals surface area contributed by atoms with E-state index in [0.29, 0.717) is 0 Å². The van der Waals surface area contributed by atoms with Gasteiger partial charge in [-0.15, -0.1) is 0 Å². The van der Waals surface area contributed by atoms with Crippen LogP contribution in [0, 0.1) is 5.92 Å². The standard InChI is InChI=1S/C9H20N/c1-8-5-6-9(2)10(3,4)7-8/h8-9H,5-7H2,1-4H3/q+1. The van der Waals surface area contributed by atoms with Crippen LogP contribution in [0.2, 0.25) is 0 Å². The Morgan fingerprint density at radius 2 is 1.70 bits per heavy atom. The number of likely N-dealkylation sites (tertiary alicyclic amines) is 1. The second kappa shape index (κ2) is 2.54. The third-order valence-corrected chi connectivity index (χ3v) is 3.05. The van der Waals surface area contributed by atoms with Crippen molar-refractivity contribution in [3.63, 3.8) is 0 Å². The van der Waals surface area contributed by atoms with Gasteiger partial charge < -0.3 is 4.48 Å². The molecule has 2 unspecified atom stereocenters. The highest BCUT2D eigenvalue weighted by atomic mass is 15.3. The summed E-state index contributed by atoms with van der Waals surface area (Å²) in [6.07, 6.45) is 2.84. The Morgan fingerprint density at radius 1 is 1.10 bits per heavy atom. The average molecular weight is 142 g/mol. The van der Waals surface area contributed by atoms with Gasteiger partial charge in [-0.3, -0.25) is 0 Å². The van der Waals surface area contributed by atoms with Crippen molar-refractivity contribution in [3.05, 3.63) is 0 Å². The van der Waals surface area contributed by atoms with E-state index < -0.39 is 0 Å². The maximum atomic E-state index is 2.37. The summed E-state index contributed by atoms with van der Waals surface area (Å²) in [7, 11) is 4.70. The Labute approximate surface area is 64.6 Å². The molecule has 1 heterocycles. The number of hydrogen-bond acceptors (Lipinski definition) is 0. The van der Waals surface area contributed by atoms with Crippen LogP contribution in [0.15, 0.2) is 0 Å². The number of hydrogen-bond donors (Lipinski definition) is 0. The van der Waals surface area contributed by atoms with Gasteiger partial charge in [0.25, 0.3) is 0 Å². The predicted molar refractivity (Wildman–Crippen MR) is 44.8 cm³/mol. The van der Waals surface area contributed by atoms with E-state index in [1.54, 1.807) is 0 Å². The zero-order valence-corrected chi connectivity index (χ0v) is 7.72. The van der Waals surface area contributed by atoms with Crippen LogP contribution in [0.3, 0.4) is 0 Å². The van der Waals surface area contributed by atoms with Crippen LogP contribution in [0.1, 0.15) is 26.7 Å². The van der Waals surface area contributed by atoms with Crippen LogP contribution in [0.25, 0.3) is 0 Å². The van der Waals surface area contributed by atoms with E-state index in [9.17, 15) is 0 Å². The minimum absolute atomic E-state index is 0.871. The highest BCUT2D eigenvalue weighted by Gasteiger charge is 2.30. The lowest BCUT2D eigenvalue weighted by atomic mass is 9.94. The van der Waals surface area contributed by atoms with Crippen molar-refractivity contribution < 1.29 is 4.48 Å². The highest BCUT2D eigenvalue weighted by molar-refractivity contribution is 4.64. The summed E-state index contributed by atoms with van der Waals surface area (Å²) in [5.41, 5.74) is 0. The van der Waals surface area contributed by atoms with Crippen LogP contribution in [0.4, 0.5) is 0 Å². The van der Waals surface area contributed by atoms with Gasteiger partial charge in [0.05, 0.1) is 26.7 Å². The molecule has 1 fully saturated rings. The average Bonchev–Trinajstić information content (AvgIpc) is 1.78. The van der Waals surface area contributed by atoms with Crippen LogP contribution in [-0.4, -0.2) is 31.2 Å². The summed E-state index contributed by atoms with van der Waals surface area (Å²) in [6, 6.07) is 0.871. The summed E-state index contributed by atoms with van der Waals surface area (Å²) >= 11 is 0. The lowest BCUT2D eigenvalue weighted by Crippen LogP contribution is -2.52. The zero-order valence-electron chi connectivity index (χ0n) is 7.72. The molecule has 0 radical (unpaired) electrons. The Bertz CT molecular complexity index is 118. The van der Waals surface area contributed by atoms with Gasteiger partial charge in [-0.05, 0) is 19.8 Å². The minimum atomic E-state index is 0.871. The maximum Gasteiger partial charge on any atom is 0.0857 e. The molecule has 60 valence electrons. The first kappa shape index (κ1) is 8.06. The Balaban J connectivity index is 2.55. The molecule has 1 rings (SSSR count). The first-order valence-electron chi connectivity index (χ1n) is 4.35. The van der Waals surface area contributed by atoms with Crippen molar-refractivity contribution in [2.24, 2.45) is 5.92 Å². The summed E-state index contributed by atoms with van der Waals surface area (Å²) in [6.45, 7) is 6.10. The lowest BCUT2D eigenvalue weighted by molar-refractivity contribution is -0.921. The molecule has 0 amide bonds. The summed E-state index contributed by atoms with van der Waals surface area (Å²) < 4.78 is 1.22. The van der Waals surface area contributed by atoms with Crippen molar-refractivity contribution >= 4 is 0 Å². The second-order valence-corrected chi connectivity index (χ2v) is 4.49. The van der Waals surface area contributed by atoms with Gasteiger partial charge in [-0.2, -0.15) is 0 Å². The minimum Gasteiger partial charge on any atom is -0.326 e. The van der Waals surface area contributed by atoms with Crippen LogP contribution >= 0.6 is 0 Å². The molecule has 1 heteroatoms. The molecular formula is C9H20N+. The quantitative estimate of drug-likeness (QED) is 0.453. The third-order valence-electron chi connectivity index (χ3n) is 3.05. The Morgan fingerprint density at radius 3 is 2.10 bits per heavy atom. The topological polar surface area (TPSA) is 0 Å². The zero-order chi connectivity index (χ0) is 7.78. The Kier molecular flexibility index (Phi) is 2.04. The van der Waals surface area contributed by atoms with Crippen LogP contribution in [-0.2, 0) is 0 Å². The summed E-state index contributed by atoms with van der Waals surface area (Å²) in [4.78, 5) is 0. The SMILES string of the molecule is CC1CCC(C)[N+](C)(C)C1. The molecule has 1 nitrogen and oxygen atoms in total. The molecule has 1 aliphatic rings. The van der Waals surface area contributed by atoms with E-state index in [1.165, 1.54) is 23.9 Å². The highest BCUT2D eigenvalue weighted by Crippen LogP contribution is 2.24. The predicted octanol–water partition coefficient (Wildman–Crippen LogP) is 1.88. The smallest absolute Gasteiger partial charge is 0.0857 e. The fourth-order valence-corrected chi connectivity index (χ4v) is 1.95. The first-order valence-corrected chi connectivity index (χ1v) is 4.35. The molecular weight excluding hydrogens is 122 g/mol. The van der Waals surface area contributed by atoms with Gasteiger partial charge in [0.1, 0.15) is 0 Å². The summed E-state index contributed by atoms with van der Waals surface area (Å²) in [5.74, 6) is 0.936. The second-order valence-electron chi connectivity index (χ2n) is 4.49. The van der Waals surface area contributed by atoms with Gasteiger partial charge in [-0.1, -0.05) is 6.92 Å². The molecule has 0 aliphatic carbocycles. The largest absolute Gasteiger partial charge is 0.326 e. The summed E-state index contributed by atoms with van der Waals surface area (Å²) in [5, 5.41) is 0. The fraction of sp³-hybridized carbons (Fsp3) is 1.00. The molecule has 0 aromatic rings. The molecule has 0 spiro atoms. The van der Waals surface area contributed by atoms with E-state index in [1.807, 2.05) is 0 Å². The van der Waals surface area contributed by atoms with Crippen LogP contribution in [0.5, 0.6) is 0 Å². The number of nitrogens with zero attached hydrogens (tertiary/aromatic N) is 1. The van der Waals surface area contributed by atoms with Gasteiger partial charge in [0.15, 0.2) is 0 Å². The molecule has 0 saturated carbocycles. The van der Waals surface area contributed by atoms with E-state index >= 15 is 0 Å². The molecule has 10 heavy (non-hydrogen) atoms. The number of piperidine rings is 1. The maximum absolute atomic E-state index is 2.37. The van der Waals surface area contributed by atoms with Gasteiger partial charge in [0, 0.05) is 5.92 Å². The van der Waals surface area contributed by atoms with E-state index in [0.717, 1.165) is 12.0 Å². The van der Waals surface area contributed by atoms with E-state index in [-0.39, 0.29) is 0 Å². The van der Waals surface area contributed by atoms with Gasteiger partial charge in [-0.25, -0.2) is 0 Å². The van der Waals surface area contributed by atoms with Crippen LogP contribution < -0.4 is 0 Å². The van der Waals surface area contributed by atoms with E-state index in [2.05, 4.69) is 27.9 Å². The molecule has 0 aromatic heterocycles. The normalized spacial score (nSPS) is 39.6. The molecule has 0 bridgehead atoms. The van der Waals surface area contributed by atoms with Crippen molar-refractivity contribution in [3.8, 4) is 0 Å².